The zero-order valence-corrected chi connectivity index (χ0v) is 10.8. The molecule has 0 aromatic heterocycles. The molecule has 0 radical (unpaired) electrons. The minimum absolute atomic E-state index is 0.0794. The molecule has 1 unspecified atom stereocenters. The lowest BCUT2D eigenvalue weighted by molar-refractivity contribution is -0.123. The molecule has 17 heavy (non-hydrogen) atoms. The first-order valence-corrected chi connectivity index (χ1v) is 6.34. The maximum atomic E-state index is 11.5. The van der Waals surface area contributed by atoms with Crippen LogP contribution in [0.1, 0.15) is 26.7 Å². The van der Waals surface area contributed by atoms with Gasteiger partial charge in [0.1, 0.15) is 0 Å². The number of rotatable bonds is 7. The topological polar surface area (TPSA) is 73.6 Å². The molecule has 5 nitrogen and oxygen atoms in total. The number of amides is 1. The molecule has 0 aromatic carbocycles. The van der Waals surface area contributed by atoms with Crippen LogP contribution < -0.4 is 11.1 Å². The first kappa shape index (κ1) is 14.4. The lowest BCUT2D eigenvalue weighted by atomic mass is 10.1. The number of carbonyl (C=O) groups excluding carboxylic acids is 1. The van der Waals surface area contributed by atoms with E-state index in [1.54, 1.807) is 0 Å². The van der Waals surface area contributed by atoms with Crippen molar-refractivity contribution in [3.63, 3.8) is 0 Å². The van der Waals surface area contributed by atoms with Crippen molar-refractivity contribution in [2.24, 2.45) is 11.7 Å². The molecule has 0 aliphatic carbocycles. The van der Waals surface area contributed by atoms with Gasteiger partial charge in [-0.15, -0.1) is 0 Å². The lowest BCUT2D eigenvalue weighted by Gasteiger charge is -2.15. The number of carbonyl (C=O) groups is 1. The van der Waals surface area contributed by atoms with Gasteiger partial charge in [-0.3, -0.25) is 4.79 Å². The molecule has 1 fully saturated rings. The summed E-state index contributed by atoms with van der Waals surface area (Å²) in [6.45, 7) is 6.65. The van der Waals surface area contributed by atoms with Crippen LogP contribution in [0.4, 0.5) is 0 Å². The van der Waals surface area contributed by atoms with Crippen molar-refractivity contribution in [3.05, 3.63) is 0 Å². The SMILES string of the molecule is CC(C)[C@H](N)C(=O)NCCCOC1CCOC1. The van der Waals surface area contributed by atoms with E-state index >= 15 is 0 Å². The van der Waals surface area contributed by atoms with E-state index in [1.165, 1.54) is 0 Å². The number of nitrogens with one attached hydrogen (secondary N) is 1. The number of ether oxygens (including phenoxy) is 2. The number of hydrogen-bond donors (Lipinski definition) is 2. The van der Waals surface area contributed by atoms with Crippen LogP contribution in [-0.2, 0) is 14.3 Å². The van der Waals surface area contributed by atoms with Gasteiger partial charge < -0.3 is 20.5 Å². The van der Waals surface area contributed by atoms with Crippen LogP contribution in [0.5, 0.6) is 0 Å². The molecular formula is C12H24N2O3. The maximum absolute atomic E-state index is 11.5. The molecule has 0 spiro atoms. The fourth-order valence-electron chi connectivity index (χ4n) is 1.60. The van der Waals surface area contributed by atoms with Gasteiger partial charge >= 0.3 is 0 Å². The van der Waals surface area contributed by atoms with Gasteiger partial charge in [0.15, 0.2) is 0 Å². The van der Waals surface area contributed by atoms with Crippen molar-refractivity contribution in [2.75, 3.05) is 26.4 Å². The van der Waals surface area contributed by atoms with Gasteiger partial charge in [-0.1, -0.05) is 13.8 Å². The fourth-order valence-corrected chi connectivity index (χ4v) is 1.60. The summed E-state index contributed by atoms with van der Waals surface area (Å²) in [6, 6.07) is -0.417. The standard InChI is InChI=1S/C12H24N2O3/c1-9(2)11(13)12(15)14-5-3-6-17-10-4-7-16-8-10/h9-11H,3-8,13H2,1-2H3,(H,14,15)/t10?,11-/m0/s1. The largest absolute Gasteiger partial charge is 0.379 e. The summed E-state index contributed by atoms with van der Waals surface area (Å²) in [5.74, 6) is 0.0890. The summed E-state index contributed by atoms with van der Waals surface area (Å²) in [4.78, 5) is 11.5. The molecule has 1 amide bonds. The maximum Gasteiger partial charge on any atom is 0.237 e. The van der Waals surface area contributed by atoms with Crippen molar-refractivity contribution in [2.45, 2.75) is 38.8 Å². The highest BCUT2D eigenvalue weighted by Gasteiger charge is 2.17. The molecule has 100 valence electrons. The number of nitrogens with two attached hydrogens (primary N) is 1. The van der Waals surface area contributed by atoms with Gasteiger partial charge in [-0.25, -0.2) is 0 Å². The van der Waals surface area contributed by atoms with E-state index in [4.69, 9.17) is 15.2 Å². The molecule has 5 heteroatoms. The monoisotopic (exact) mass is 244 g/mol. The van der Waals surface area contributed by atoms with Crippen LogP contribution >= 0.6 is 0 Å². The quantitative estimate of drug-likeness (QED) is 0.631. The highest BCUT2D eigenvalue weighted by atomic mass is 16.5. The third kappa shape index (κ3) is 5.48. The van der Waals surface area contributed by atoms with Crippen molar-refractivity contribution >= 4 is 5.91 Å². The van der Waals surface area contributed by atoms with Gasteiger partial charge in [-0.2, -0.15) is 0 Å². The summed E-state index contributed by atoms with van der Waals surface area (Å²) >= 11 is 0. The summed E-state index contributed by atoms with van der Waals surface area (Å²) in [5.41, 5.74) is 5.71. The predicted octanol–water partition coefficient (Wildman–Crippen LogP) is 0.282. The molecule has 1 aliphatic rings. The van der Waals surface area contributed by atoms with E-state index in [9.17, 15) is 4.79 Å². The normalized spacial score (nSPS) is 21.8. The first-order chi connectivity index (χ1) is 8.11. The fraction of sp³-hybridized carbons (Fsp3) is 0.917. The van der Waals surface area contributed by atoms with Crippen LogP contribution in [0.3, 0.4) is 0 Å². The Kier molecular flexibility index (Phi) is 6.47. The highest BCUT2D eigenvalue weighted by Crippen LogP contribution is 2.07. The van der Waals surface area contributed by atoms with Crippen LogP contribution in [0, 0.1) is 5.92 Å². The molecule has 1 heterocycles. The van der Waals surface area contributed by atoms with Crippen molar-refractivity contribution in [3.8, 4) is 0 Å². The Morgan fingerprint density at radius 2 is 2.35 bits per heavy atom. The zero-order valence-electron chi connectivity index (χ0n) is 10.8. The predicted molar refractivity (Wildman–Crippen MR) is 65.6 cm³/mol. The second kappa shape index (κ2) is 7.63. The van der Waals surface area contributed by atoms with Gasteiger partial charge in [0.2, 0.25) is 5.91 Å². The Hall–Kier alpha value is -0.650. The minimum Gasteiger partial charge on any atom is -0.379 e. The summed E-state index contributed by atoms with van der Waals surface area (Å²) < 4.78 is 10.8. The van der Waals surface area contributed by atoms with Gasteiger partial charge in [0, 0.05) is 19.8 Å². The van der Waals surface area contributed by atoms with Crippen LogP contribution in [0.2, 0.25) is 0 Å². The first-order valence-electron chi connectivity index (χ1n) is 6.34. The van der Waals surface area contributed by atoms with Crippen molar-refractivity contribution in [1.82, 2.24) is 5.32 Å². The van der Waals surface area contributed by atoms with E-state index in [-0.39, 0.29) is 17.9 Å². The van der Waals surface area contributed by atoms with E-state index in [1.807, 2.05) is 13.8 Å². The lowest BCUT2D eigenvalue weighted by Crippen LogP contribution is -2.44. The van der Waals surface area contributed by atoms with E-state index in [0.29, 0.717) is 19.8 Å². The number of hydrogen-bond acceptors (Lipinski definition) is 4. The molecule has 3 N–H and O–H groups in total. The smallest absolute Gasteiger partial charge is 0.237 e. The molecule has 1 aliphatic heterocycles. The molecular weight excluding hydrogens is 220 g/mol. The third-order valence-electron chi connectivity index (χ3n) is 2.88. The Labute approximate surface area is 103 Å². The highest BCUT2D eigenvalue weighted by molar-refractivity contribution is 5.81. The zero-order chi connectivity index (χ0) is 12.7. The van der Waals surface area contributed by atoms with Gasteiger partial charge in [0.05, 0.1) is 18.8 Å². The Balaban J connectivity index is 1.98. The van der Waals surface area contributed by atoms with Gasteiger partial charge in [-0.05, 0) is 18.8 Å². The average Bonchev–Trinajstić information content (AvgIpc) is 2.80. The molecule has 1 saturated heterocycles. The summed E-state index contributed by atoms with van der Waals surface area (Å²) in [6.07, 6.45) is 2.03. The van der Waals surface area contributed by atoms with Crippen molar-refractivity contribution < 1.29 is 14.3 Å². The van der Waals surface area contributed by atoms with Crippen LogP contribution in [0.25, 0.3) is 0 Å². The Morgan fingerprint density at radius 3 is 2.94 bits per heavy atom. The van der Waals surface area contributed by atoms with Crippen LogP contribution in [-0.4, -0.2) is 44.4 Å². The third-order valence-corrected chi connectivity index (χ3v) is 2.88. The van der Waals surface area contributed by atoms with E-state index in [2.05, 4.69) is 5.32 Å². The summed E-state index contributed by atoms with van der Waals surface area (Å²) in [5, 5.41) is 2.81. The Bertz CT molecular complexity index is 228. The van der Waals surface area contributed by atoms with Crippen molar-refractivity contribution in [1.29, 1.82) is 0 Å². The molecule has 0 saturated carbocycles. The van der Waals surface area contributed by atoms with E-state index in [0.717, 1.165) is 19.4 Å². The van der Waals surface area contributed by atoms with Crippen LogP contribution in [0.15, 0.2) is 0 Å². The minimum atomic E-state index is -0.417. The summed E-state index contributed by atoms with van der Waals surface area (Å²) in [7, 11) is 0. The molecule has 2 atom stereocenters. The molecule has 0 aromatic rings. The second-order valence-electron chi connectivity index (χ2n) is 4.77. The van der Waals surface area contributed by atoms with Gasteiger partial charge in [0.25, 0.3) is 0 Å². The Morgan fingerprint density at radius 1 is 1.59 bits per heavy atom. The van der Waals surface area contributed by atoms with E-state index < -0.39 is 6.04 Å². The average molecular weight is 244 g/mol. The second-order valence-corrected chi connectivity index (χ2v) is 4.77. The molecule has 1 rings (SSSR count). The molecule has 0 bridgehead atoms.